The maximum Gasteiger partial charge on any atom is 0.410 e. The van der Waals surface area contributed by atoms with E-state index in [0.717, 1.165) is 21.2 Å². The summed E-state index contributed by atoms with van der Waals surface area (Å²) in [4.78, 5) is 43.0. The van der Waals surface area contributed by atoms with Gasteiger partial charge >= 0.3 is 6.09 Å². The number of pyridine rings is 1. The second kappa shape index (κ2) is 9.91. The Morgan fingerprint density at radius 1 is 1.08 bits per heavy atom. The number of anilines is 1. The van der Waals surface area contributed by atoms with E-state index in [1.165, 1.54) is 0 Å². The molecule has 2 fully saturated rings. The van der Waals surface area contributed by atoms with Gasteiger partial charge in [-0.1, -0.05) is 18.2 Å². The summed E-state index contributed by atoms with van der Waals surface area (Å²) in [7, 11) is 0. The van der Waals surface area contributed by atoms with E-state index >= 15 is 0 Å². The van der Waals surface area contributed by atoms with Crippen molar-refractivity contribution in [3.05, 3.63) is 72.1 Å². The van der Waals surface area contributed by atoms with Crippen LogP contribution in [0.25, 0.3) is 10.8 Å². The number of rotatable bonds is 5. The van der Waals surface area contributed by atoms with Crippen LogP contribution in [0, 0.1) is 5.92 Å². The SMILES string of the molecule is CC(C)(C)OC(=O)N1CC(NC(=O)c2cccc([C@@H]3C[C@H]3C(=O)Nc3ccc4cnccc4c3)c2)C(F)(F)C1. The predicted molar refractivity (Wildman–Crippen MR) is 142 cm³/mol. The number of amides is 3. The summed E-state index contributed by atoms with van der Waals surface area (Å²) in [5.41, 5.74) is 0.878. The number of nitrogens with one attached hydrogen (secondary N) is 2. The van der Waals surface area contributed by atoms with Gasteiger partial charge in [-0.05, 0) is 74.4 Å². The smallest absolute Gasteiger partial charge is 0.410 e. The largest absolute Gasteiger partial charge is 0.444 e. The second-order valence-corrected chi connectivity index (χ2v) is 11.1. The minimum Gasteiger partial charge on any atom is -0.444 e. The summed E-state index contributed by atoms with van der Waals surface area (Å²) in [6.07, 6.45) is 3.23. The van der Waals surface area contributed by atoms with Crippen LogP contribution in [-0.4, -0.2) is 58.4 Å². The third-order valence-electron chi connectivity index (χ3n) is 6.88. The first kappa shape index (κ1) is 26.5. The number of nitrogens with zero attached hydrogens (tertiary/aromatic N) is 2. The van der Waals surface area contributed by atoms with E-state index in [9.17, 15) is 23.2 Å². The average molecular weight is 537 g/mol. The zero-order valence-corrected chi connectivity index (χ0v) is 21.9. The van der Waals surface area contributed by atoms with Gasteiger partial charge in [0.15, 0.2) is 0 Å². The Labute approximate surface area is 224 Å². The quantitative estimate of drug-likeness (QED) is 0.480. The van der Waals surface area contributed by atoms with Crippen LogP contribution in [0.15, 0.2) is 60.9 Å². The topological polar surface area (TPSA) is 101 Å². The van der Waals surface area contributed by atoms with Crippen molar-refractivity contribution in [1.82, 2.24) is 15.2 Å². The van der Waals surface area contributed by atoms with E-state index in [1.54, 1.807) is 51.4 Å². The standard InChI is InChI=1S/C29H30F2N4O4/c1-28(2,3)39-27(38)35-15-24(29(30,31)16-35)34-25(36)19-6-4-5-18(11-19)22-13-23(22)26(37)33-21-8-7-20-14-32-10-9-17(20)12-21/h4-12,14,22-24H,13,15-16H2,1-3H3,(H,33,37)(H,34,36)/t22-,23+,24?/m0/s1. The third kappa shape index (κ3) is 6.00. The van der Waals surface area contributed by atoms with Gasteiger partial charge in [0.25, 0.3) is 11.8 Å². The number of carbonyl (C=O) groups is 3. The van der Waals surface area contributed by atoms with Crippen LogP contribution in [0.3, 0.4) is 0 Å². The van der Waals surface area contributed by atoms with Crippen LogP contribution in [0.1, 0.15) is 49.0 Å². The van der Waals surface area contributed by atoms with Gasteiger partial charge in [0, 0.05) is 34.9 Å². The van der Waals surface area contributed by atoms with Crippen molar-refractivity contribution < 1.29 is 27.9 Å². The highest BCUT2D eigenvalue weighted by Crippen LogP contribution is 2.48. The molecule has 8 nitrogen and oxygen atoms in total. The Kier molecular flexibility index (Phi) is 6.74. The zero-order chi connectivity index (χ0) is 27.9. The zero-order valence-electron chi connectivity index (χ0n) is 21.9. The Hall–Kier alpha value is -4.08. The molecule has 1 unspecified atom stereocenters. The first-order valence-corrected chi connectivity index (χ1v) is 12.8. The first-order chi connectivity index (χ1) is 18.4. The molecule has 0 bridgehead atoms. The number of hydrogen-bond donors (Lipinski definition) is 2. The molecule has 2 N–H and O–H groups in total. The number of halogens is 2. The molecular weight excluding hydrogens is 506 g/mol. The molecule has 1 saturated heterocycles. The van der Waals surface area contributed by atoms with Crippen LogP contribution in [-0.2, 0) is 9.53 Å². The second-order valence-electron chi connectivity index (χ2n) is 11.1. The van der Waals surface area contributed by atoms with Crippen molar-refractivity contribution in [2.45, 2.75) is 50.7 Å². The number of aromatic nitrogens is 1. The predicted octanol–water partition coefficient (Wildman–Crippen LogP) is 4.96. The maximum absolute atomic E-state index is 14.6. The fourth-order valence-electron chi connectivity index (χ4n) is 4.80. The summed E-state index contributed by atoms with van der Waals surface area (Å²) in [6.45, 7) is 3.77. The van der Waals surface area contributed by atoms with Crippen LogP contribution >= 0.6 is 0 Å². The lowest BCUT2D eigenvalue weighted by molar-refractivity contribution is -0.117. The Bertz CT molecular complexity index is 1440. The molecule has 1 aromatic heterocycles. The van der Waals surface area contributed by atoms with E-state index < -0.39 is 36.1 Å². The van der Waals surface area contributed by atoms with E-state index in [0.29, 0.717) is 12.1 Å². The van der Waals surface area contributed by atoms with E-state index in [4.69, 9.17) is 4.74 Å². The minimum atomic E-state index is -3.30. The van der Waals surface area contributed by atoms with Crippen molar-refractivity contribution in [1.29, 1.82) is 0 Å². The van der Waals surface area contributed by atoms with Crippen LogP contribution < -0.4 is 10.6 Å². The fourth-order valence-corrected chi connectivity index (χ4v) is 4.80. The number of carbonyl (C=O) groups excluding carboxylic acids is 3. The number of benzene rings is 2. The lowest BCUT2D eigenvalue weighted by Gasteiger charge is -2.24. The average Bonchev–Trinajstić information content (AvgIpc) is 3.62. The summed E-state index contributed by atoms with van der Waals surface area (Å²) in [5, 5.41) is 7.28. The number of hydrogen-bond acceptors (Lipinski definition) is 5. The molecule has 2 aromatic carbocycles. The molecule has 3 amide bonds. The van der Waals surface area contributed by atoms with Gasteiger partial charge in [0.05, 0.1) is 13.1 Å². The van der Waals surface area contributed by atoms with Crippen LogP contribution in [0.2, 0.25) is 0 Å². The van der Waals surface area contributed by atoms with E-state index in [1.807, 2.05) is 30.3 Å². The molecule has 3 atom stereocenters. The lowest BCUT2D eigenvalue weighted by atomic mass is 10.0. The van der Waals surface area contributed by atoms with Crippen molar-refractivity contribution in [3.8, 4) is 0 Å². The van der Waals surface area contributed by atoms with Crippen molar-refractivity contribution in [2.24, 2.45) is 5.92 Å². The molecule has 3 aromatic rings. The molecule has 1 aliphatic carbocycles. The summed E-state index contributed by atoms with van der Waals surface area (Å²) in [6, 6.07) is 12.6. The third-order valence-corrected chi connectivity index (χ3v) is 6.88. The molecule has 1 saturated carbocycles. The van der Waals surface area contributed by atoms with Gasteiger partial charge in [-0.25, -0.2) is 13.6 Å². The summed E-state index contributed by atoms with van der Waals surface area (Å²) >= 11 is 0. The molecule has 1 aliphatic heterocycles. The highest BCUT2D eigenvalue weighted by atomic mass is 19.3. The Balaban J connectivity index is 1.20. The highest BCUT2D eigenvalue weighted by molar-refractivity contribution is 5.98. The van der Waals surface area contributed by atoms with Gasteiger partial charge in [0.1, 0.15) is 11.6 Å². The van der Waals surface area contributed by atoms with Gasteiger partial charge in [0.2, 0.25) is 5.91 Å². The van der Waals surface area contributed by atoms with Crippen molar-refractivity contribution in [3.63, 3.8) is 0 Å². The molecule has 39 heavy (non-hydrogen) atoms. The Morgan fingerprint density at radius 3 is 2.64 bits per heavy atom. The molecule has 0 spiro atoms. The molecule has 2 heterocycles. The number of fused-ring (bicyclic) bond motifs is 1. The maximum atomic E-state index is 14.6. The van der Waals surface area contributed by atoms with E-state index in [2.05, 4.69) is 15.6 Å². The number of alkyl halides is 2. The van der Waals surface area contributed by atoms with E-state index in [-0.39, 0.29) is 29.9 Å². The number of likely N-dealkylation sites (tertiary alicyclic amines) is 1. The summed E-state index contributed by atoms with van der Waals surface area (Å²) in [5.74, 6) is -4.41. The molecule has 204 valence electrons. The van der Waals surface area contributed by atoms with Gasteiger partial charge in [-0.15, -0.1) is 0 Å². The van der Waals surface area contributed by atoms with Gasteiger partial charge in [-0.3, -0.25) is 19.5 Å². The normalized spacial score (nSPS) is 21.9. The summed E-state index contributed by atoms with van der Waals surface area (Å²) < 4.78 is 34.5. The van der Waals surface area contributed by atoms with Crippen molar-refractivity contribution >= 4 is 34.4 Å². The monoisotopic (exact) mass is 536 g/mol. The molecule has 5 rings (SSSR count). The molecule has 2 aliphatic rings. The van der Waals surface area contributed by atoms with Gasteiger partial charge in [-0.2, -0.15) is 0 Å². The lowest BCUT2D eigenvalue weighted by Crippen LogP contribution is -2.46. The molecular formula is C29H30F2N4O4. The highest BCUT2D eigenvalue weighted by Gasteiger charge is 2.51. The minimum absolute atomic E-state index is 0.0713. The van der Waals surface area contributed by atoms with Gasteiger partial charge < -0.3 is 15.4 Å². The van der Waals surface area contributed by atoms with Crippen molar-refractivity contribution in [2.75, 3.05) is 18.4 Å². The Morgan fingerprint density at radius 2 is 1.87 bits per heavy atom. The van der Waals surface area contributed by atoms with Crippen LogP contribution in [0.5, 0.6) is 0 Å². The van der Waals surface area contributed by atoms with Crippen LogP contribution in [0.4, 0.5) is 19.3 Å². The molecule has 10 heteroatoms. The molecule has 0 radical (unpaired) electrons. The fraction of sp³-hybridized carbons (Fsp3) is 0.379. The number of ether oxygens (including phenoxy) is 1. The first-order valence-electron chi connectivity index (χ1n) is 12.8.